The molecule has 1 aliphatic heterocycles. The molecule has 0 unspecified atom stereocenters. The van der Waals surface area contributed by atoms with Crippen molar-refractivity contribution in [2.75, 3.05) is 50.6 Å². The van der Waals surface area contributed by atoms with E-state index < -0.39 is 0 Å². The molecule has 182 valence electrons. The number of nitrogens with zero attached hydrogens (tertiary/aromatic N) is 3. The van der Waals surface area contributed by atoms with Crippen molar-refractivity contribution in [3.63, 3.8) is 0 Å². The largest absolute Gasteiger partial charge is 0.493 e. The maximum atomic E-state index is 13.1. The normalized spacial score (nSPS) is 13.7. The standard InChI is InChI=1S/C27H30N4O4/c1-19-6-4-7-20(16-19)26(32)29-22-9-11-25(28-18-22)30-12-5-13-31(15-14-30)27(33)21-8-10-23(34-2)24(17-21)35-3/h4,6-11,16-18H,5,12-15H2,1-3H3,(H,29,32). The molecule has 0 atom stereocenters. The van der Waals surface area contributed by atoms with Gasteiger partial charge < -0.3 is 24.6 Å². The van der Waals surface area contributed by atoms with Crippen LogP contribution in [0.15, 0.2) is 60.8 Å². The Kier molecular flexibility index (Phi) is 7.50. The zero-order valence-electron chi connectivity index (χ0n) is 20.3. The summed E-state index contributed by atoms with van der Waals surface area (Å²) < 4.78 is 10.6. The molecule has 1 N–H and O–H groups in total. The van der Waals surface area contributed by atoms with E-state index in [0.29, 0.717) is 47.9 Å². The number of hydrogen-bond donors (Lipinski definition) is 1. The third-order valence-electron chi connectivity index (χ3n) is 6.02. The molecule has 0 spiro atoms. The first-order valence-electron chi connectivity index (χ1n) is 11.6. The molecule has 0 aliphatic carbocycles. The molecule has 35 heavy (non-hydrogen) atoms. The maximum Gasteiger partial charge on any atom is 0.255 e. The maximum absolute atomic E-state index is 13.1. The lowest BCUT2D eigenvalue weighted by Crippen LogP contribution is -2.35. The van der Waals surface area contributed by atoms with E-state index in [9.17, 15) is 9.59 Å². The molecule has 1 fully saturated rings. The number of aromatic nitrogens is 1. The molecule has 2 aromatic carbocycles. The van der Waals surface area contributed by atoms with Gasteiger partial charge in [-0.3, -0.25) is 9.59 Å². The molecule has 4 rings (SSSR count). The molecule has 0 saturated carbocycles. The minimum Gasteiger partial charge on any atom is -0.493 e. The molecule has 0 radical (unpaired) electrons. The van der Waals surface area contributed by atoms with Crippen LogP contribution in [0.2, 0.25) is 0 Å². The fraction of sp³-hybridized carbons (Fsp3) is 0.296. The van der Waals surface area contributed by atoms with E-state index in [1.54, 1.807) is 44.7 Å². The molecule has 1 aliphatic rings. The molecule has 3 aromatic rings. The Hall–Kier alpha value is -4.07. The minimum atomic E-state index is -0.165. The van der Waals surface area contributed by atoms with Crippen molar-refractivity contribution >= 4 is 23.3 Å². The number of hydrogen-bond acceptors (Lipinski definition) is 6. The van der Waals surface area contributed by atoms with E-state index in [1.165, 1.54) is 0 Å². The molecule has 1 saturated heterocycles. The van der Waals surface area contributed by atoms with Crippen molar-refractivity contribution in [2.45, 2.75) is 13.3 Å². The van der Waals surface area contributed by atoms with Crippen LogP contribution in [0.25, 0.3) is 0 Å². The van der Waals surface area contributed by atoms with Gasteiger partial charge >= 0.3 is 0 Å². The van der Waals surface area contributed by atoms with Crippen molar-refractivity contribution < 1.29 is 19.1 Å². The van der Waals surface area contributed by atoms with Crippen LogP contribution in [0.3, 0.4) is 0 Å². The molecule has 8 heteroatoms. The highest BCUT2D eigenvalue weighted by atomic mass is 16.5. The van der Waals surface area contributed by atoms with E-state index >= 15 is 0 Å². The van der Waals surface area contributed by atoms with Crippen LogP contribution in [-0.4, -0.2) is 62.1 Å². The first-order chi connectivity index (χ1) is 17.0. The summed E-state index contributed by atoms with van der Waals surface area (Å²) >= 11 is 0. The van der Waals surface area contributed by atoms with Crippen molar-refractivity contribution in [1.82, 2.24) is 9.88 Å². The van der Waals surface area contributed by atoms with Gasteiger partial charge in [0.25, 0.3) is 11.8 Å². The lowest BCUT2D eigenvalue weighted by Gasteiger charge is -2.23. The number of ether oxygens (including phenoxy) is 2. The molecule has 2 heterocycles. The van der Waals surface area contributed by atoms with Crippen LogP contribution in [0.4, 0.5) is 11.5 Å². The van der Waals surface area contributed by atoms with Gasteiger partial charge in [0.05, 0.1) is 26.1 Å². The first kappa shape index (κ1) is 24.1. The smallest absolute Gasteiger partial charge is 0.255 e. The van der Waals surface area contributed by atoms with Gasteiger partial charge in [0.2, 0.25) is 0 Å². The summed E-state index contributed by atoms with van der Waals surface area (Å²) in [7, 11) is 3.13. The highest BCUT2D eigenvalue weighted by molar-refractivity contribution is 6.04. The Morgan fingerprint density at radius 1 is 0.886 bits per heavy atom. The number of carbonyl (C=O) groups is 2. The number of nitrogens with one attached hydrogen (secondary N) is 1. The Morgan fingerprint density at radius 2 is 1.71 bits per heavy atom. The van der Waals surface area contributed by atoms with Crippen molar-refractivity contribution in [3.8, 4) is 11.5 Å². The first-order valence-corrected chi connectivity index (χ1v) is 11.6. The van der Waals surface area contributed by atoms with Crippen molar-refractivity contribution in [2.24, 2.45) is 0 Å². The fourth-order valence-corrected chi connectivity index (χ4v) is 4.14. The van der Waals surface area contributed by atoms with Crippen LogP contribution in [0, 0.1) is 6.92 Å². The number of carbonyl (C=O) groups excluding carboxylic acids is 2. The molecule has 1 aromatic heterocycles. The van der Waals surface area contributed by atoms with Crippen molar-refractivity contribution in [3.05, 3.63) is 77.5 Å². The number of pyridine rings is 1. The third-order valence-corrected chi connectivity index (χ3v) is 6.02. The SMILES string of the molecule is COc1ccc(C(=O)N2CCCN(c3ccc(NC(=O)c4cccc(C)c4)cn3)CC2)cc1OC. The van der Waals surface area contributed by atoms with Gasteiger partial charge in [0.1, 0.15) is 5.82 Å². The van der Waals surface area contributed by atoms with Crippen LogP contribution in [0.1, 0.15) is 32.7 Å². The van der Waals surface area contributed by atoms with Crippen LogP contribution < -0.4 is 19.7 Å². The summed E-state index contributed by atoms with van der Waals surface area (Å²) in [6.07, 6.45) is 2.49. The highest BCUT2D eigenvalue weighted by Gasteiger charge is 2.22. The van der Waals surface area contributed by atoms with Crippen molar-refractivity contribution in [1.29, 1.82) is 0 Å². The van der Waals surface area contributed by atoms with Crippen LogP contribution in [0.5, 0.6) is 11.5 Å². The second-order valence-corrected chi connectivity index (χ2v) is 8.43. The predicted molar refractivity (Wildman–Crippen MR) is 136 cm³/mol. The van der Waals surface area contributed by atoms with Gasteiger partial charge in [0, 0.05) is 37.3 Å². The van der Waals surface area contributed by atoms with E-state index in [4.69, 9.17) is 9.47 Å². The number of rotatable bonds is 6. The van der Waals surface area contributed by atoms with Gasteiger partial charge in [-0.2, -0.15) is 0 Å². The number of anilines is 2. The second-order valence-electron chi connectivity index (χ2n) is 8.43. The van der Waals surface area contributed by atoms with Gasteiger partial charge in [0.15, 0.2) is 11.5 Å². The number of methoxy groups -OCH3 is 2. The zero-order chi connectivity index (χ0) is 24.8. The Morgan fingerprint density at radius 3 is 2.43 bits per heavy atom. The van der Waals surface area contributed by atoms with E-state index in [1.807, 2.05) is 42.2 Å². The monoisotopic (exact) mass is 474 g/mol. The number of amides is 2. The Balaban J connectivity index is 1.37. The van der Waals surface area contributed by atoms with E-state index in [0.717, 1.165) is 24.3 Å². The summed E-state index contributed by atoms with van der Waals surface area (Å²) in [5, 5.41) is 2.89. The number of benzene rings is 2. The summed E-state index contributed by atoms with van der Waals surface area (Å²) in [5.41, 5.74) is 2.86. The summed E-state index contributed by atoms with van der Waals surface area (Å²) in [4.78, 5) is 34.2. The zero-order valence-corrected chi connectivity index (χ0v) is 20.3. The van der Waals surface area contributed by atoms with Gasteiger partial charge in [-0.15, -0.1) is 0 Å². The molecule has 0 bridgehead atoms. The predicted octanol–water partition coefficient (Wildman–Crippen LogP) is 4.01. The lowest BCUT2D eigenvalue weighted by atomic mass is 10.1. The fourth-order valence-electron chi connectivity index (χ4n) is 4.14. The summed E-state index contributed by atoms with van der Waals surface area (Å²) in [6.45, 7) is 4.66. The Bertz CT molecular complexity index is 1200. The minimum absolute atomic E-state index is 0.0324. The van der Waals surface area contributed by atoms with Gasteiger partial charge in [-0.1, -0.05) is 17.7 Å². The summed E-state index contributed by atoms with van der Waals surface area (Å²) in [5.74, 6) is 1.75. The molecular weight excluding hydrogens is 444 g/mol. The number of aryl methyl sites for hydroxylation is 1. The lowest BCUT2D eigenvalue weighted by molar-refractivity contribution is 0.0766. The molecule has 2 amide bonds. The topological polar surface area (TPSA) is 84.0 Å². The third kappa shape index (κ3) is 5.71. The Labute approximate surface area is 205 Å². The quantitative estimate of drug-likeness (QED) is 0.581. The van der Waals surface area contributed by atoms with Crippen LogP contribution >= 0.6 is 0 Å². The molecular formula is C27H30N4O4. The average molecular weight is 475 g/mol. The van der Waals surface area contributed by atoms with Crippen LogP contribution in [-0.2, 0) is 0 Å². The average Bonchev–Trinajstić information content (AvgIpc) is 3.14. The second kappa shape index (κ2) is 10.9. The van der Waals surface area contributed by atoms with E-state index in [2.05, 4.69) is 15.2 Å². The van der Waals surface area contributed by atoms with E-state index in [-0.39, 0.29) is 11.8 Å². The highest BCUT2D eigenvalue weighted by Crippen LogP contribution is 2.28. The van der Waals surface area contributed by atoms with Gasteiger partial charge in [-0.05, 0) is 55.8 Å². The summed E-state index contributed by atoms with van der Waals surface area (Å²) in [6, 6.07) is 16.4. The van der Waals surface area contributed by atoms with Gasteiger partial charge in [-0.25, -0.2) is 4.98 Å². The molecule has 8 nitrogen and oxygen atoms in total.